The van der Waals surface area contributed by atoms with E-state index in [2.05, 4.69) is 9.93 Å². The van der Waals surface area contributed by atoms with Crippen LogP contribution in [-0.2, 0) is 10.0 Å². The van der Waals surface area contributed by atoms with E-state index in [9.17, 15) is 17.6 Å². The standard InChI is InChI=1S/C23H21FN2O6S/c1-3-31-19-9-11-20(12-10-19)33(28,29)26-25-15-16-4-13-21(22(14-16)30-2)32-23(27)17-5-7-18(24)8-6-17/h4-15,26H,3H2,1-2H3/b25-15+. The van der Waals surface area contributed by atoms with Crippen molar-refractivity contribution in [1.29, 1.82) is 0 Å². The summed E-state index contributed by atoms with van der Waals surface area (Å²) in [6.07, 6.45) is 1.28. The van der Waals surface area contributed by atoms with Gasteiger partial charge in [0, 0.05) is 0 Å². The topological polar surface area (TPSA) is 103 Å². The molecule has 0 aliphatic carbocycles. The first-order valence-electron chi connectivity index (χ1n) is 9.76. The number of hydrogen-bond donors (Lipinski definition) is 1. The van der Waals surface area contributed by atoms with Gasteiger partial charge >= 0.3 is 5.97 Å². The first-order chi connectivity index (χ1) is 15.8. The highest BCUT2D eigenvalue weighted by Gasteiger charge is 2.14. The average molecular weight is 472 g/mol. The number of hydrogen-bond acceptors (Lipinski definition) is 7. The summed E-state index contributed by atoms with van der Waals surface area (Å²) < 4.78 is 53.6. The highest BCUT2D eigenvalue weighted by Crippen LogP contribution is 2.28. The molecule has 3 rings (SSSR count). The summed E-state index contributed by atoms with van der Waals surface area (Å²) in [5.41, 5.74) is 0.663. The van der Waals surface area contributed by atoms with Gasteiger partial charge in [-0.15, -0.1) is 0 Å². The zero-order chi connectivity index (χ0) is 23.8. The molecule has 3 aromatic rings. The van der Waals surface area contributed by atoms with Gasteiger partial charge < -0.3 is 14.2 Å². The number of esters is 1. The molecular formula is C23H21FN2O6S. The third kappa shape index (κ3) is 6.30. The summed E-state index contributed by atoms with van der Waals surface area (Å²) >= 11 is 0. The largest absolute Gasteiger partial charge is 0.494 e. The first kappa shape index (κ1) is 23.7. The van der Waals surface area contributed by atoms with E-state index in [1.807, 2.05) is 6.92 Å². The molecule has 0 radical (unpaired) electrons. The molecule has 0 heterocycles. The molecule has 0 amide bonds. The molecule has 0 aliphatic heterocycles. The molecule has 1 N–H and O–H groups in total. The second-order valence-electron chi connectivity index (χ2n) is 6.56. The zero-order valence-corrected chi connectivity index (χ0v) is 18.6. The maximum Gasteiger partial charge on any atom is 0.343 e. The molecule has 0 saturated carbocycles. The predicted octanol–water partition coefficient (Wildman–Crippen LogP) is 3.76. The third-order valence-electron chi connectivity index (χ3n) is 4.30. The van der Waals surface area contributed by atoms with Gasteiger partial charge in [-0.05, 0) is 79.2 Å². The van der Waals surface area contributed by atoms with Crippen molar-refractivity contribution in [1.82, 2.24) is 4.83 Å². The van der Waals surface area contributed by atoms with Crippen molar-refractivity contribution in [2.45, 2.75) is 11.8 Å². The second kappa shape index (κ2) is 10.6. The number of benzene rings is 3. The van der Waals surface area contributed by atoms with Gasteiger partial charge in [-0.2, -0.15) is 13.5 Å². The molecule has 0 bridgehead atoms. The monoisotopic (exact) mass is 472 g/mol. The van der Waals surface area contributed by atoms with Crippen LogP contribution >= 0.6 is 0 Å². The molecule has 0 aliphatic rings. The van der Waals surface area contributed by atoms with Crippen LogP contribution in [0.4, 0.5) is 4.39 Å². The van der Waals surface area contributed by atoms with Gasteiger partial charge in [0.25, 0.3) is 10.0 Å². The third-order valence-corrected chi connectivity index (χ3v) is 5.54. The summed E-state index contributed by atoms with van der Waals surface area (Å²) in [5, 5.41) is 3.78. The number of sulfonamides is 1. The summed E-state index contributed by atoms with van der Waals surface area (Å²) in [4.78, 5) is 14.4. The Morgan fingerprint density at radius 1 is 1.03 bits per heavy atom. The summed E-state index contributed by atoms with van der Waals surface area (Å²) in [6.45, 7) is 2.31. The minimum Gasteiger partial charge on any atom is -0.494 e. The average Bonchev–Trinajstić information content (AvgIpc) is 2.81. The van der Waals surface area contributed by atoms with E-state index in [0.29, 0.717) is 17.9 Å². The van der Waals surface area contributed by atoms with Crippen LogP contribution < -0.4 is 19.0 Å². The number of hydrazone groups is 1. The Balaban J connectivity index is 1.68. The fourth-order valence-electron chi connectivity index (χ4n) is 2.70. The lowest BCUT2D eigenvalue weighted by atomic mass is 10.2. The maximum absolute atomic E-state index is 13.0. The van der Waals surface area contributed by atoms with Gasteiger partial charge in [0.2, 0.25) is 0 Å². The van der Waals surface area contributed by atoms with Crippen molar-refractivity contribution >= 4 is 22.2 Å². The van der Waals surface area contributed by atoms with Crippen molar-refractivity contribution in [2.24, 2.45) is 5.10 Å². The molecule has 0 unspecified atom stereocenters. The number of halogens is 1. The van der Waals surface area contributed by atoms with E-state index < -0.39 is 21.8 Å². The molecule has 0 spiro atoms. The predicted molar refractivity (Wildman–Crippen MR) is 120 cm³/mol. The lowest BCUT2D eigenvalue weighted by molar-refractivity contribution is 0.0729. The number of rotatable bonds is 9. The number of carbonyl (C=O) groups is 1. The summed E-state index contributed by atoms with van der Waals surface area (Å²) in [6, 6.07) is 15.4. The zero-order valence-electron chi connectivity index (χ0n) is 17.8. The maximum atomic E-state index is 13.0. The Hall–Kier alpha value is -3.92. The van der Waals surface area contributed by atoms with E-state index >= 15 is 0 Å². The minimum atomic E-state index is -3.87. The number of nitrogens with one attached hydrogen (secondary N) is 1. The Labute approximate surface area is 190 Å². The SMILES string of the molecule is CCOc1ccc(S(=O)(=O)N/N=C/c2ccc(OC(=O)c3ccc(F)cc3)c(OC)c2)cc1. The number of methoxy groups -OCH3 is 1. The minimum absolute atomic E-state index is 0.0312. The van der Waals surface area contributed by atoms with Crippen molar-refractivity contribution < 1.29 is 31.8 Å². The van der Waals surface area contributed by atoms with Gasteiger partial charge in [0.1, 0.15) is 11.6 Å². The van der Waals surface area contributed by atoms with Crippen LogP contribution in [0.15, 0.2) is 76.7 Å². The van der Waals surface area contributed by atoms with E-state index in [1.165, 1.54) is 49.7 Å². The van der Waals surface area contributed by atoms with Crippen molar-refractivity contribution in [3.8, 4) is 17.2 Å². The van der Waals surface area contributed by atoms with E-state index in [-0.39, 0.29) is 22.0 Å². The number of ether oxygens (including phenoxy) is 3. The van der Waals surface area contributed by atoms with E-state index in [1.54, 1.807) is 18.2 Å². The second-order valence-corrected chi connectivity index (χ2v) is 8.22. The van der Waals surface area contributed by atoms with Crippen molar-refractivity contribution in [3.05, 3.63) is 83.7 Å². The molecule has 10 heteroatoms. The molecule has 0 fully saturated rings. The quantitative estimate of drug-likeness (QED) is 0.220. The molecular weight excluding hydrogens is 451 g/mol. The van der Waals surface area contributed by atoms with Crippen LogP contribution in [0, 0.1) is 5.82 Å². The van der Waals surface area contributed by atoms with E-state index in [0.717, 1.165) is 12.1 Å². The van der Waals surface area contributed by atoms with Crippen molar-refractivity contribution in [3.63, 3.8) is 0 Å². The molecule has 0 saturated heterocycles. The fourth-order valence-corrected chi connectivity index (χ4v) is 3.49. The Morgan fingerprint density at radius 3 is 2.36 bits per heavy atom. The molecule has 0 atom stereocenters. The lowest BCUT2D eigenvalue weighted by Crippen LogP contribution is -2.18. The van der Waals surface area contributed by atoms with Gasteiger partial charge in [0.05, 0.1) is 30.4 Å². The Kier molecular flexibility index (Phi) is 7.62. The highest BCUT2D eigenvalue weighted by molar-refractivity contribution is 7.89. The first-order valence-corrected chi connectivity index (χ1v) is 11.2. The van der Waals surface area contributed by atoms with Gasteiger partial charge in [-0.25, -0.2) is 14.0 Å². The molecule has 3 aromatic carbocycles. The lowest BCUT2D eigenvalue weighted by Gasteiger charge is -2.10. The molecule has 33 heavy (non-hydrogen) atoms. The summed E-state index contributed by atoms with van der Waals surface area (Å²) in [7, 11) is -2.48. The van der Waals surface area contributed by atoms with Crippen LogP contribution in [0.2, 0.25) is 0 Å². The van der Waals surface area contributed by atoms with Crippen LogP contribution in [0.3, 0.4) is 0 Å². The number of carbonyl (C=O) groups excluding carboxylic acids is 1. The Bertz CT molecular complexity index is 1240. The van der Waals surface area contributed by atoms with Crippen LogP contribution in [0.25, 0.3) is 0 Å². The Morgan fingerprint density at radius 2 is 1.73 bits per heavy atom. The van der Waals surface area contributed by atoms with Crippen LogP contribution in [-0.4, -0.2) is 34.3 Å². The van der Waals surface area contributed by atoms with Gasteiger partial charge in [-0.1, -0.05) is 0 Å². The van der Waals surface area contributed by atoms with Crippen LogP contribution in [0.1, 0.15) is 22.8 Å². The highest BCUT2D eigenvalue weighted by atomic mass is 32.2. The van der Waals surface area contributed by atoms with Crippen LogP contribution in [0.5, 0.6) is 17.2 Å². The molecule has 8 nitrogen and oxygen atoms in total. The van der Waals surface area contributed by atoms with E-state index in [4.69, 9.17) is 14.2 Å². The number of nitrogens with zero attached hydrogens (tertiary/aromatic N) is 1. The van der Waals surface area contributed by atoms with Gasteiger partial charge in [0.15, 0.2) is 11.5 Å². The van der Waals surface area contributed by atoms with Crippen molar-refractivity contribution in [2.75, 3.05) is 13.7 Å². The molecule has 0 aromatic heterocycles. The normalized spacial score (nSPS) is 11.2. The smallest absolute Gasteiger partial charge is 0.343 e. The summed E-state index contributed by atoms with van der Waals surface area (Å²) in [5.74, 6) is -0.223. The van der Waals surface area contributed by atoms with Gasteiger partial charge in [-0.3, -0.25) is 0 Å². The molecule has 172 valence electrons. The fraction of sp³-hybridized carbons (Fsp3) is 0.130.